The molecule has 3 fully saturated rings. The van der Waals surface area contributed by atoms with Gasteiger partial charge in [-0.25, -0.2) is 0 Å². The van der Waals surface area contributed by atoms with Crippen molar-refractivity contribution in [1.29, 1.82) is 0 Å². The SMILES string of the molecule is C[C@H]1C[C@@H]2[C@H](C(=O)C[C@@]3(C)[C@H]2CC[C@]3(O)C(=O)C=O)[C@@]2(C)C=CC(=O)C=C12. The van der Waals surface area contributed by atoms with Crippen LogP contribution in [0.15, 0.2) is 23.8 Å². The van der Waals surface area contributed by atoms with Crippen LogP contribution >= 0.6 is 0 Å². The van der Waals surface area contributed by atoms with Gasteiger partial charge in [-0.3, -0.25) is 19.2 Å². The van der Waals surface area contributed by atoms with Crippen LogP contribution in [0.1, 0.15) is 46.5 Å². The van der Waals surface area contributed by atoms with Gasteiger partial charge < -0.3 is 5.11 Å². The number of fused-ring (bicyclic) bond motifs is 5. The number of hydrogen-bond donors (Lipinski definition) is 1. The molecule has 4 aliphatic rings. The van der Waals surface area contributed by atoms with Gasteiger partial charge in [0.15, 0.2) is 12.1 Å². The van der Waals surface area contributed by atoms with E-state index >= 15 is 0 Å². The summed E-state index contributed by atoms with van der Waals surface area (Å²) >= 11 is 0. The first-order valence-corrected chi connectivity index (χ1v) is 9.78. The molecule has 0 heterocycles. The smallest absolute Gasteiger partial charge is 0.227 e. The summed E-state index contributed by atoms with van der Waals surface area (Å²) in [6, 6.07) is 0. The number of carbonyl (C=O) groups is 4. The Balaban J connectivity index is 1.80. The lowest BCUT2D eigenvalue weighted by atomic mass is 9.45. The maximum atomic E-state index is 13.4. The van der Waals surface area contributed by atoms with Crippen LogP contribution in [0.3, 0.4) is 0 Å². The molecule has 5 heteroatoms. The Labute approximate surface area is 158 Å². The minimum atomic E-state index is -1.75. The summed E-state index contributed by atoms with van der Waals surface area (Å²) < 4.78 is 0. The lowest BCUT2D eigenvalue weighted by Gasteiger charge is -2.58. The second-order valence-electron chi connectivity index (χ2n) is 9.44. The third-order valence-electron chi connectivity index (χ3n) is 8.24. The minimum absolute atomic E-state index is 0.000882. The van der Waals surface area contributed by atoms with Crippen molar-refractivity contribution in [2.24, 2.45) is 34.5 Å². The van der Waals surface area contributed by atoms with Crippen molar-refractivity contribution >= 4 is 23.6 Å². The molecule has 5 nitrogen and oxygen atoms in total. The Morgan fingerprint density at radius 3 is 2.67 bits per heavy atom. The van der Waals surface area contributed by atoms with Gasteiger partial charge in [-0.15, -0.1) is 0 Å². The topological polar surface area (TPSA) is 88.5 Å². The molecule has 7 atom stereocenters. The molecule has 0 amide bonds. The van der Waals surface area contributed by atoms with Crippen molar-refractivity contribution in [3.05, 3.63) is 23.8 Å². The van der Waals surface area contributed by atoms with Gasteiger partial charge in [-0.1, -0.05) is 32.4 Å². The molecule has 0 saturated heterocycles. The molecule has 0 aromatic heterocycles. The van der Waals surface area contributed by atoms with E-state index in [0.29, 0.717) is 6.42 Å². The molecule has 0 radical (unpaired) electrons. The summed E-state index contributed by atoms with van der Waals surface area (Å²) in [4.78, 5) is 48.7. The van der Waals surface area contributed by atoms with Crippen molar-refractivity contribution in [3.8, 4) is 0 Å². The molecule has 4 rings (SSSR count). The van der Waals surface area contributed by atoms with E-state index in [1.165, 1.54) is 0 Å². The first kappa shape index (κ1) is 18.5. The van der Waals surface area contributed by atoms with E-state index in [9.17, 15) is 24.3 Å². The molecule has 3 saturated carbocycles. The molecule has 144 valence electrons. The zero-order valence-electron chi connectivity index (χ0n) is 16.0. The van der Waals surface area contributed by atoms with E-state index in [4.69, 9.17) is 0 Å². The molecular weight excluding hydrogens is 344 g/mol. The van der Waals surface area contributed by atoms with Crippen LogP contribution < -0.4 is 0 Å². The van der Waals surface area contributed by atoms with E-state index in [1.807, 2.05) is 13.0 Å². The van der Waals surface area contributed by atoms with Gasteiger partial charge in [0.1, 0.15) is 11.4 Å². The maximum Gasteiger partial charge on any atom is 0.227 e. The third-order valence-corrected chi connectivity index (χ3v) is 8.24. The van der Waals surface area contributed by atoms with Gasteiger partial charge in [0.25, 0.3) is 0 Å². The summed E-state index contributed by atoms with van der Waals surface area (Å²) in [5.41, 5.74) is -2.14. The molecule has 4 aliphatic carbocycles. The Morgan fingerprint density at radius 2 is 2.00 bits per heavy atom. The molecule has 27 heavy (non-hydrogen) atoms. The van der Waals surface area contributed by atoms with Crippen LogP contribution in [0.4, 0.5) is 0 Å². The predicted octanol–water partition coefficient (Wildman–Crippen LogP) is 2.22. The highest BCUT2D eigenvalue weighted by Crippen LogP contribution is 2.66. The summed E-state index contributed by atoms with van der Waals surface area (Å²) in [5.74, 6) is -0.894. The highest BCUT2D eigenvalue weighted by Gasteiger charge is 2.68. The van der Waals surface area contributed by atoms with Crippen molar-refractivity contribution in [3.63, 3.8) is 0 Å². The van der Waals surface area contributed by atoms with Gasteiger partial charge in [-0.05, 0) is 49.2 Å². The highest BCUT2D eigenvalue weighted by molar-refractivity contribution is 6.29. The zero-order valence-corrected chi connectivity index (χ0v) is 16.0. The lowest BCUT2D eigenvalue weighted by molar-refractivity contribution is -0.168. The quantitative estimate of drug-likeness (QED) is 0.595. The first-order chi connectivity index (χ1) is 12.6. The summed E-state index contributed by atoms with van der Waals surface area (Å²) in [6.45, 7) is 5.92. The number of Topliss-reactive ketones (excluding diaryl/α,β-unsaturated/α-hetero) is 2. The monoisotopic (exact) mass is 370 g/mol. The van der Waals surface area contributed by atoms with Gasteiger partial charge in [0.2, 0.25) is 5.78 Å². The number of allylic oxidation sites excluding steroid dienone is 4. The average Bonchev–Trinajstić information content (AvgIpc) is 2.87. The molecule has 0 aromatic carbocycles. The van der Waals surface area contributed by atoms with Gasteiger partial charge >= 0.3 is 0 Å². The van der Waals surface area contributed by atoms with E-state index in [-0.39, 0.29) is 54.4 Å². The standard InChI is InChI=1S/C22H26O5/c1-12-8-14-15-5-7-22(27,18(26)11-23)21(15,3)10-17(25)19(14)20(2)6-4-13(24)9-16(12)20/h4,6,9,11-12,14-15,19,27H,5,7-8,10H2,1-3H3/t12-,14-,15-,19+,20-,21-,22-/m0/s1. The number of aldehydes is 1. The van der Waals surface area contributed by atoms with Gasteiger partial charge in [0.05, 0.1) is 0 Å². The molecule has 0 spiro atoms. The summed E-state index contributed by atoms with van der Waals surface area (Å²) in [7, 11) is 0. The summed E-state index contributed by atoms with van der Waals surface area (Å²) in [6.07, 6.45) is 7.03. The van der Waals surface area contributed by atoms with E-state index in [1.54, 1.807) is 19.1 Å². The number of rotatable bonds is 2. The van der Waals surface area contributed by atoms with E-state index in [2.05, 4.69) is 6.92 Å². The lowest BCUT2D eigenvalue weighted by Crippen LogP contribution is -2.61. The van der Waals surface area contributed by atoms with Crippen LogP contribution in [0.2, 0.25) is 0 Å². The van der Waals surface area contributed by atoms with Crippen LogP contribution in [0.25, 0.3) is 0 Å². The molecule has 0 unspecified atom stereocenters. The Bertz CT molecular complexity index is 823. The number of ketones is 3. The fraction of sp³-hybridized carbons (Fsp3) is 0.636. The number of aliphatic hydroxyl groups is 1. The summed E-state index contributed by atoms with van der Waals surface area (Å²) in [5, 5.41) is 11.1. The van der Waals surface area contributed by atoms with Gasteiger partial charge in [0, 0.05) is 23.2 Å². The first-order valence-electron chi connectivity index (χ1n) is 9.78. The zero-order chi connectivity index (χ0) is 19.8. The van der Waals surface area contributed by atoms with Crippen LogP contribution in [0.5, 0.6) is 0 Å². The Morgan fingerprint density at radius 1 is 1.30 bits per heavy atom. The fourth-order valence-corrected chi connectivity index (χ4v) is 6.96. The van der Waals surface area contributed by atoms with Gasteiger partial charge in [-0.2, -0.15) is 0 Å². The highest BCUT2D eigenvalue weighted by atomic mass is 16.3. The van der Waals surface area contributed by atoms with Crippen LogP contribution in [-0.4, -0.2) is 34.3 Å². The minimum Gasteiger partial charge on any atom is -0.381 e. The van der Waals surface area contributed by atoms with Crippen LogP contribution in [-0.2, 0) is 19.2 Å². The van der Waals surface area contributed by atoms with Crippen molar-refractivity contribution in [1.82, 2.24) is 0 Å². The van der Waals surface area contributed by atoms with Crippen molar-refractivity contribution in [2.45, 2.75) is 52.1 Å². The molecule has 0 bridgehead atoms. The second kappa shape index (κ2) is 5.57. The average molecular weight is 370 g/mol. The predicted molar refractivity (Wildman–Crippen MR) is 97.6 cm³/mol. The molecule has 1 N–H and O–H groups in total. The van der Waals surface area contributed by atoms with E-state index < -0.39 is 22.2 Å². The normalized spacial score (nSPS) is 48.4. The largest absolute Gasteiger partial charge is 0.381 e. The van der Waals surface area contributed by atoms with Crippen molar-refractivity contribution in [2.75, 3.05) is 0 Å². The maximum absolute atomic E-state index is 13.4. The number of hydrogen-bond acceptors (Lipinski definition) is 5. The third kappa shape index (κ3) is 2.15. The number of carbonyl (C=O) groups excluding carboxylic acids is 4. The Hall–Kier alpha value is -1.88. The molecule has 0 aromatic rings. The Kier molecular flexibility index (Phi) is 3.81. The molecular formula is C22H26O5. The van der Waals surface area contributed by atoms with Crippen molar-refractivity contribution < 1.29 is 24.3 Å². The second-order valence-corrected chi connectivity index (χ2v) is 9.44. The fourth-order valence-electron chi connectivity index (χ4n) is 6.96. The van der Waals surface area contributed by atoms with E-state index in [0.717, 1.165) is 12.0 Å². The molecule has 0 aliphatic heterocycles. The van der Waals surface area contributed by atoms with Crippen LogP contribution in [0, 0.1) is 34.5 Å².